The predicted octanol–water partition coefficient (Wildman–Crippen LogP) is 1.85. The van der Waals surface area contributed by atoms with Crippen LogP contribution in [0.15, 0.2) is 18.7 Å². The highest BCUT2D eigenvalue weighted by molar-refractivity contribution is 6.29. The highest BCUT2D eigenvalue weighted by atomic mass is 35.5. The van der Waals surface area contributed by atoms with E-state index in [1.807, 2.05) is 6.07 Å². The summed E-state index contributed by atoms with van der Waals surface area (Å²) in [6.45, 7) is 5.58. The van der Waals surface area contributed by atoms with Crippen LogP contribution < -0.4 is 5.32 Å². The number of nitrogens with zero attached hydrogens (tertiary/aromatic N) is 1. The summed E-state index contributed by atoms with van der Waals surface area (Å²) in [4.78, 5) is 4.22. The van der Waals surface area contributed by atoms with Gasteiger partial charge in [0.1, 0.15) is 5.15 Å². The zero-order valence-electron chi connectivity index (χ0n) is 6.60. The summed E-state index contributed by atoms with van der Waals surface area (Å²) in [6, 6.07) is 3.79. The molecule has 1 aromatic heterocycles. The highest BCUT2D eigenvalue weighted by Crippen LogP contribution is 2.20. The van der Waals surface area contributed by atoms with E-state index in [1.165, 1.54) is 5.56 Å². The van der Waals surface area contributed by atoms with E-state index in [9.17, 15) is 0 Å². The minimum Gasteiger partial charge on any atom is -0.308 e. The van der Waals surface area contributed by atoms with Crippen molar-refractivity contribution in [2.45, 2.75) is 6.54 Å². The quantitative estimate of drug-likeness (QED) is 0.617. The maximum atomic E-state index is 5.77. The number of pyridine rings is 1. The minimum absolute atomic E-state index is 0.539. The van der Waals surface area contributed by atoms with Crippen molar-refractivity contribution >= 4 is 17.2 Å². The van der Waals surface area contributed by atoms with Crippen LogP contribution in [0.5, 0.6) is 0 Å². The fourth-order valence-electron chi connectivity index (χ4n) is 1.34. The van der Waals surface area contributed by atoms with E-state index in [4.69, 9.17) is 11.6 Å². The number of nitrogens with one attached hydrogen (secondary N) is 1. The molecule has 0 radical (unpaired) electrons. The van der Waals surface area contributed by atoms with Crippen LogP contribution in [0.3, 0.4) is 0 Å². The number of hydrogen-bond acceptors (Lipinski definition) is 2. The molecule has 2 rings (SSSR count). The smallest absolute Gasteiger partial charge is 0.129 e. The summed E-state index contributed by atoms with van der Waals surface area (Å²) in [7, 11) is 0. The molecule has 0 saturated heterocycles. The van der Waals surface area contributed by atoms with E-state index in [0.717, 1.165) is 24.4 Å². The lowest BCUT2D eigenvalue weighted by Gasteiger charge is -2.17. The summed E-state index contributed by atoms with van der Waals surface area (Å²) in [6.07, 6.45) is 0. The molecule has 0 saturated carbocycles. The van der Waals surface area contributed by atoms with Crippen molar-refractivity contribution < 1.29 is 0 Å². The molecule has 1 N–H and O–H groups in total. The Balaban J connectivity index is 2.54. The lowest BCUT2D eigenvalue weighted by Crippen LogP contribution is -2.23. The van der Waals surface area contributed by atoms with Crippen molar-refractivity contribution in [1.29, 1.82) is 0 Å². The van der Waals surface area contributed by atoms with Gasteiger partial charge in [-0.05, 0) is 17.2 Å². The third-order valence-electron chi connectivity index (χ3n) is 1.93. The largest absolute Gasteiger partial charge is 0.308 e. The van der Waals surface area contributed by atoms with E-state index in [0.29, 0.717) is 5.15 Å². The van der Waals surface area contributed by atoms with Gasteiger partial charge in [-0.1, -0.05) is 24.2 Å². The molecular weight excluding hydrogens is 172 g/mol. The Morgan fingerprint density at radius 2 is 2.25 bits per heavy atom. The van der Waals surface area contributed by atoms with Crippen LogP contribution in [0.4, 0.5) is 0 Å². The van der Waals surface area contributed by atoms with Crippen LogP contribution in [-0.4, -0.2) is 11.5 Å². The van der Waals surface area contributed by atoms with E-state index in [1.54, 1.807) is 6.07 Å². The average molecular weight is 181 g/mol. The van der Waals surface area contributed by atoms with Gasteiger partial charge in [0.25, 0.3) is 0 Å². The maximum Gasteiger partial charge on any atom is 0.129 e. The lowest BCUT2D eigenvalue weighted by atomic mass is 10.0. The van der Waals surface area contributed by atoms with Crippen LogP contribution in [0, 0.1) is 0 Å². The first-order chi connectivity index (χ1) is 5.77. The first kappa shape index (κ1) is 7.77. The van der Waals surface area contributed by atoms with Crippen LogP contribution in [0.1, 0.15) is 11.3 Å². The fourth-order valence-corrected chi connectivity index (χ4v) is 1.49. The molecule has 0 bridgehead atoms. The summed E-state index contributed by atoms with van der Waals surface area (Å²) >= 11 is 5.77. The molecule has 0 spiro atoms. The van der Waals surface area contributed by atoms with E-state index < -0.39 is 0 Å². The van der Waals surface area contributed by atoms with Gasteiger partial charge in [0.2, 0.25) is 0 Å². The van der Waals surface area contributed by atoms with Gasteiger partial charge in [-0.2, -0.15) is 0 Å². The molecule has 0 atom stereocenters. The molecule has 0 aliphatic carbocycles. The first-order valence-corrected chi connectivity index (χ1v) is 4.19. The van der Waals surface area contributed by atoms with Gasteiger partial charge >= 0.3 is 0 Å². The number of aromatic nitrogens is 1. The molecule has 3 heteroatoms. The third-order valence-corrected chi connectivity index (χ3v) is 2.14. The van der Waals surface area contributed by atoms with Gasteiger partial charge in [-0.15, -0.1) is 0 Å². The molecule has 62 valence electrons. The topological polar surface area (TPSA) is 24.9 Å². The Labute approximate surface area is 76.3 Å². The Hall–Kier alpha value is -0.860. The number of halogens is 1. The summed E-state index contributed by atoms with van der Waals surface area (Å²) < 4.78 is 0. The molecule has 0 aromatic carbocycles. The maximum absolute atomic E-state index is 5.77. The normalized spacial score (nSPS) is 15.9. The van der Waals surface area contributed by atoms with Crippen molar-refractivity contribution in [3.8, 4) is 0 Å². The Morgan fingerprint density at radius 1 is 1.42 bits per heavy atom. The Kier molecular flexibility index (Phi) is 1.87. The van der Waals surface area contributed by atoms with Crippen LogP contribution >= 0.6 is 11.6 Å². The van der Waals surface area contributed by atoms with Crippen molar-refractivity contribution in [3.05, 3.63) is 35.1 Å². The van der Waals surface area contributed by atoms with E-state index in [2.05, 4.69) is 16.9 Å². The number of fused-ring (bicyclic) bond motifs is 1. The summed E-state index contributed by atoms with van der Waals surface area (Å²) in [5, 5.41) is 3.77. The van der Waals surface area contributed by atoms with Gasteiger partial charge in [0.15, 0.2) is 0 Å². The van der Waals surface area contributed by atoms with Gasteiger partial charge < -0.3 is 5.32 Å². The number of rotatable bonds is 0. The van der Waals surface area contributed by atoms with Gasteiger partial charge in [0, 0.05) is 13.1 Å². The second kappa shape index (κ2) is 2.88. The van der Waals surface area contributed by atoms with Crippen molar-refractivity contribution in [3.63, 3.8) is 0 Å². The molecule has 2 heterocycles. The second-order valence-corrected chi connectivity index (χ2v) is 3.24. The Morgan fingerprint density at radius 3 is 3.08 bits per heavy atom. The van der Waals surface area contributed by atoms with Gasteiger partial charge in [-0.25, -0.2) is 4.98 Å². The van der Waals surface area contributed by atoms with Crippen molar-refractivity contribution in [2.24, 2.45) is 0 Å². The molecule has 0 amide bonds. The molecule has 1 aliphatic heterocycles. The molecule has 0 fully saturated rings. The number of hydrogen-bond donors (Lipinski definition) is 1. The molecule has 12 heavy (non-hydrogen) atoms. The Bertz CT molecular complexity index is 333. The van der Waals surface area contributed by atoms with Gasteiger partial charge in [0.05, 0.1) is 5.69 Å². The van der Waals surface area contributed by atoms with Crippen molar-refractivity contribution in [2.75, 3.05) is 6.54 Å². The summed E-state index contributed by atoms with van der Waals surface area (Å²) in [5.41, 5.74) is 3.15. The van der Waals surface area contributed by atoms with Crippen molar-refractivity contribution in [1.82, 2.24) is 10.3 Å². The van der Waals surface area contributed by atoms with Crippen LogP contribution in [0.2, 0.25) is 5.15 Å². The lowest BCUT2D eigenvalue weighted by molar-refractivity contribution is 0.736. The van der Waals surface area contributed by atoms with Gasteiger partial charge in [-0.3, -0.25) is 0 Å². The third kappa shape index (κ3) is 1.24. The van der Waals surface area contributed by atoms with Crippen LogP contribution in [0.25, 0.3) is 5.57 Å². The average Bonchev–Trinajstić information content (AvgIpc) is 2.07. The second-order valence-electron chi connectivity index (χ2n) is 2.85. The van der Waals surface area contributed by atoms with Crippen LogP contribution in [-0.2, 0) is 6.54 Å². The molecule has 2 nitrogen and oxygen atoms in total. The highest BCUT2D eigenvalue weighted by Gasteiger charge is 2.12. The molecule has 1 aliphatic rings. The minimum atomic E-state index is 0.539. The fraction of sp³-hybridized carbons (Fsp3) is 0.222. The van der Waals surface area contributed by atoms with E-state index >= 15 is 0 Å². The predicted molar refractivity (Wildman–Crippen MR) is 50.0 cm³/mol. The summed E-state index contributed by atoms with van der Waals surface area (Å²) in [5.74, 6) is 0. The standard InChI is InChI=1S/C9H9ClN2/c1-6-4-11-5-7-2-3-8(10)12-9(6)7/h2-3,11H,1,4-5H2. The zero-order valence-corrected chi connectivity index (χ0v) is 7.36. The first-order valence-electron chi connectivity index (χ1n) is 3.81. The SMILES string of the molecule is C=C1CNCc2ccc(Cl)nc21. The molecular formula is C9H9ClN2. The monoisotopic (exact) mass is 180 g/mol. The van der Waals surface area contributed by atoms with E-state index in [-0.39, 0.29) is 0 Å². The molecule has 1 aromatic rings. The zero-order chi connectivity index (χ0) is 8.55. The molecule has 0 unspecified atom stereocenters.